The third-order valence-corrected chi connectivity index (χ3v) is 2.92. The van der Waals surface area contributed by atoms with Crippen LogP contribution >= 0.6 is 0 Å². The van der Waals surface area contributed by atoms with Gasteiger partial charge in [-0.15, -0.1) is 0 Å². The van der Waals surface area contributed by atoms with E-state index < -0.39 is 0 Å². The van der Waals surface area contributed by atoms with E-state index >= 15 is 0 Å². The van der Waals surface area contributed by atoms with Gasteiger partial charge in [0.15, 0.2) is 0 Å². The summed E-state index contributed by atoms with van der Waals surface area (Å²) in [5.41, 5.74) is 2.76. The van der Waals surface area contributed by atoms with Gasteiger partial charge in [-0.2, -0.15) is 0 Å². The lowest BCUT2D eigenvalue weighted by atomic mass is 10.1. The molecule has 0 spiro atoms. The molecular weight excluding hydrogens is 256 g/mol. The Morgan fingerprint density at radius 1 is 0.810 bits per heavy atom. The number of benzene rings is 2. The van der Waals surface area contributed by atoms with Gasteiger partial charge in [0.25, 0.3) is 0 Å². The molecule has 0 saturated heterocycles. The molecule has 0 fully saturated rings. The second kappa shape index (κ2) is 13.2. The predicted octanol–water partition coefficient (Wildman–Crippen LogP) is 5.92. The van der Waals surface area contributed by atoms with E-state index in [4.69, 9.17) is 4.74 Å². The van der Waals surface area contributed by atoms with Gasteiger partial charge in [-0.1, -0.05) is 76.6 Å². The van der Waals surface area contributed by atoms with E-state index in [1.54, 1.807) is 7.11 Å². The molecule has 0 aliphatic heterocycles. The molecule has 21 heavy (non-hydrogen) atoms. The van der Waals surface area contributed by atoms with Crippen LogP contribution in [0.2, 0.25) is 0 Å². The first-order valence-electron chi connectivity index (χ1n) is 7.97. The van der Waals surface area contributed by atoms with Crippen molar-refractivity contribution < 1.29 is 4.74 Å². The molecule has 2 aromatic rings. The summed E-state index contributed by atoms with van der Waals surface area (Å²) < 4.78 is 5.06. The smallest absolute Gasteiger partial charge is 0.119 e. The van der Waals surface area contributed by atoms with Crippen LogP contribution in [0.15, 0.2) is 54.6 Å². The summed E-state index contributed by atoms with van der Waals surface area (Å²) in [6.07, 6.45) is 3.52. The lowest BCUT2D eigenvalue weighted by molar-refractivity contribution is 0.414. The van der Waals surface area contributed by atoms with Crippen molar-refractivity contribution in [2.24, 2.45) is 0 Å². The summed E-state index contributed by atoms with van der Waals surface area (Å²) in [4.78, 5) is 0. The summed E-state index contributed by atoms with van der Waals surface area (Å²) >= 11 is 0. The van der Waals surface area contributed by atoms with Gasteiger partial charge in [-0.3, -0.25) is 0 Å². The fourth-order valence-electron chi connectivity index (χ4n) is 1.83. The summed E-state index contributed by atoms with van der Waals surface area (Å²) in [6, 6.07) is 18.7. The Bertz CT molecular complexity index is 429. The van der Waals surface area contributed by atoms with E-state index in [1.807, 2.05) is 26.0 Å². The van der Waals surface area contributed by atoms with Crippen LogP contribution in [0.3, 0.4) is 0 Å². The molecule has 2 rings (SSSR count). The van der Waals surface area contributed by atoms with Gasteiger partial charge in [0.05, 0.1) is 7.11 Å². The molecule has 0 unspecified atom stereocenters. The molecule has 0 aliphatic carbocycles. The lowest BCUT2D eigenvalue weighted by Gasteiger charge is -2.00. The van der Waals surface area contributed by atoms with E-state index in [2.05, 4.69) is 56.3 Å². The van der Waals surface area contributed by atoms with Crippen molar-refractivity contribution in [3.8, 4) is 5.75 Å². The van der Waals surface area contributed by atoms with Crippen molar-refractivity contribution in [3.63, 3.8) is 0 Å². The van der Waals surface area contributed by atoms with Crippen LogP contribution in [0.5, 0.6) is 5.75 Å². The molecule has 2 aromatic carbocycles. The number of aryl methyl sites for hydroxylation is 2. The highest BCUT2D eigenvalue weighted by Crippen LogP contribution is 2.12. The SMILES string of the molecule is CC.CCCc1ccccc1.CCc1cccc(OC)c1. The highest BCUT2D eigenvalue weighted by Gasteiger charge is 1.90. The molecule has 1 heteroatoms. The van der Waals surface area contributed by atoms with Gasteiger partial charge in [-0.05, 0) is 36.1 Å². The normalized spacial score (nSPS) is 8.81. The molecule has 1 nitrogen and oxygen atoms in total. The van der Waals surface area contributed by atoms with Crippen molar-refractivity contribution in [1.82, 2.24) is 0 Å². The lowest BCUT2D eigenvalue weighted by Crippen LogP contribution is -1.84. The van der Waals surface area contributed by atoms with Crippen molar-refractivity contribution in [2.45, 2.75) is 47.0 Å². The topological polar surface area (TPSA) is 9.23 Å². The maximum Gasteiger partial charge on any atom is 0.119 e. The van der Waals surface area contributed by atoms with Crippen molar-refractivity contribution in [3.05, 3.63) is 65.7 Å². The van der Waals surface area contributed by atoms with Crippen molar-refractivity contribution in [1.29, 1.82) is 0 Å². The Labute approximate surface area is 131 Å². The van der Waals surface area contributed by atoms with Gasteiger partial charge in [0.2, 0.25) is 0 Å². The minimum atomic E-state index is 0.944. The highest BCUT2D eigenvalue weighted by atomic mass is 16.5. The fourth-order valence-corrected chi connectivity index (χ4v) is 1.83. The monoisotopic (exact) mass is 286 g/mol. The third-order valence-electron chi connectivity index (χ3n) is 2.92. The molecule has 116 valence electrons. The Balaban J connectivity index is 0.000000342. The molecule has 0 N–H and O–H groups in total. The maximum atomic E-state index is 5.06. The van der Waals surface area contributed by atoms with E-state index in [0.717, 1.165) is 12.2 Å². The van der Waals surface area contributed by atoms with Gasteiger partial charge in [-0.25, -0.2) is 0 Å². The third kappa shape index (κ3) is 8.91. The Morgan fingerprint density at radius 2 is 1.43 bits per heavy atom. The molecule has 0 aromatic heterocycles. The fraction of sp³-hybridized carbons (Fsp3) is 0.400. The quantitative estimate of drug-likeness (QED) is 0.677. The standard InChI is InChI=1S/C9H12O.C9H12.C2H6/c1-3-8-5-4-6-9(7-8)10-2;1-2-6-9-7-4-3-5-8-9;1-2/h4-7H,3H2,1-2H3;3-5,7-8H,2,6H2,1H3;1-2H3. The largest absolute Gasteiger partial charge is 0.497 e. The number of rotatable bonds is 4. The molecule has 0 aliphatic rings. The average molecular weight is 286 g/mol. The van der Waals surface area contributed by atoms with E-state index in [-0.39, 0.29) is 0 Å². The highest BCUT2D eigenvalue weighted by molar-refractivity contribution is 5.28. The summed E-state index contributed by atoms with van der Waals surface area (Å²) in [5.74, 6) is 0.944. The first kappa shape index (κ1) is 19.2. The zero-order valence-electron chi connectivity index (χ0n) is 14.2. The number of hydrogen-bond donors (Lipinski definition) is 0. The predicted molar refractivity (Wildman–Crippen MR) is 94.2 cm³/mol. The van der Waals surface area contributed by atoms with Gasteiger partial charge in [0, 0.05) is 0 Å². The second-order valence-electron chi connectivity index (χ2n) is 4.44. The molecule has 0 radical (unpaired) electrons. The molecule has 0 saturated carbocycles. The summed E-state index contributed by atoms with van der Waals surface area (Å²) in [7, 11) is 1.69. The van der Waals surface area contributed by atoms with Crippen LogP contribution in [-0.2, 0) is 12.8 Å². The Kier molecular flexibility index (Phi) is 12.1. The van der Waals surface area contributed by atoms with Crippen LogP contribution in [0.1, 0.15) is 45.2 Å². The van der Waals surface area contributed by atoms with Crippen LogP contribution in [-0.4, -0.2) is 7.11 Å². The molecular formula is C20H30O. The van der Waals surface area contributed by atoms with Crippen molar-refractivity contribution >= 4 is 0 Å². The average Bonchev–Trinajstić information content (AvgIpc) is 2.58. The number of methoxy groups -OCH3 is 1. The minimum absolute atomic E-state index is 0.944. The zero-order chi connectivity index (χ0) is 15.9. The first-order valence-corrected chi connectivity index (χ1v) is 7.97. The van der Waals surface area contributed by atoms with Crippen LogP contribution in [0.4, 0.5) is 0 Å². The Hall–Kier alpha value is -1.76. The zero-order valence-corrected chi connectivity index (χ0v) is 14.2. The molecule has 0 amide bonds. The molecule has 0 atom stereocenters. The van der Waals surface area contributed by atoms with Gasteiger partial charge >= 0.3 is 0 Å². The van der Waals surface area contributed by atoms with E-state index in [0.29, 0.717) is 0 Å². The van der Waals surface area contributed by atoms with Gasteiger partial charge in [0.1, 0.15) is 5.75 Å². The van der Waals surface area contributed by atoms with Crippen LogP contribution < -0.4 is 4.74 Å². The molecule has 0 heterocycles. The minimum Gasteiger partial charge on any atom is -0.497 e. The number of ether oxygens (including phenoxy) is 1. The van der Waals surface area contributed by atoms with E-state index in [1.165, 1.54) is 24.0 Å². The molecule has 0 bridgehead atoms. The maximum absolute atomic E-state index is 5.06. The summed E-state index contributed by atoms with van der Waals surface area (Å²) in [6.45, 7) is 8.34. The van der Waals surface area contributed by atoms with Crippen LogP contribution in [0, 0.1) is 0 Å². The van der Waals surface area contributed by atoms with Gasteiger partial charge < -0.3 is 4.74 Å². The summed E-state index contributed by atoms with van der Waals surface area (Å²) in [5, 5.41) is 0. The van der Waals surface area contributed by atoms with Crippen LogP contribution in [0.25, 0.3) is 0 Å². The Morgan fingerprint density at radius 3 is 1.95 bits per heavy atom. The van der Waals surface area contributed by atoms with E-state index in [9.17, 15) is 0 Å². The first-order chi connectivity index (χ1) is 10.3. The second-order valence-corrected chi connectivity index (χ2v) is 4.44. The van der Waals surface area contributed by atoms with Crippen molar-refractivity contribution in [2.75, 3.05) is 7.11 Å². The number of hydrogen-bond acceptors (Lipinski definition) is 1.